The molecule has 0 aliphatic heterocycles. The van der Waals surface area contributed by atoms with Gasteiger partial charge in [0, 0.05) is 10.8 Å². The van der Waals surface area contributed by atoms with Gasteiger partial charge >= 0.3 is 5.63 Å². The number of hydrogen-bond acceptors (Lipinski definition) is 6. The molecular weight excluding hydrogens is 404 g/mol. The molecule has 2 heterocycles. The average molecular weight is 423 g/mol. The number of thioether (sulfide) groups is 1. The Morgan fingerprint density at radius 1 is 1.17 bits per heavy atom. The molecule has 4 aromatic rings. The number of aromatic nitrogens is 1. The van der Waals surface area contributed by atoms with E-state index in [9.17, 15) is 9.59 Å². The monoisotopic (exact) mass is 422 g/mol. The number of benzene rings is 2. The third kappa shape index (κ3) is 4.58. The number of rotatable bonds is 6. The molecule has 7 heteroatoms. The summed E-state index contributed by atoms with van der Waals surface area (Å²) in [4.78, 5) is 29.0. The van der Waals surface area contributed by atoms with Gasteiger partial charge in [-0.1, -0.05) is 60.3 Å². The van der Waals surface area contributed by atoms with Gasteiger partial charge in [0.05, 0.1) is 23.1 Å². The second-order valence-corrected chi connectivity index (χ2v) is 8.55. The van der Waals surface area contributed by atoms with Crippen LogP contribution in [0.1, 0.15) is 18.5 Å². The van der Waals surface area contributed by atoms with Crippen LogP contribution in [0.25, 0.3) is 22.2 Å². The highest BCUT2D eigenvalue weighted by atomic mass is 32.2. The fraction of sp³-hybridized carbons (Fsp3) is 0.136. The lowest BCUT2D eigenvalue weighted by molar-refractivity contribution is -0.119. The van der Waals surface area contributed by atoms with Crippen LogP contribution in [0.15, 0.2) is 79.6 Å². The first-order chi connectivity index (χ1) is 14.1. The molecule has 146 valence electrons. The van der Waals surface area contributed by atoms with Crippen molar-refractivity contribution in [2.75, 3.05) is 5.75 Å². The van der Waals surface area contributed by atoms with Crippen molar-refractivity contribution in [2.24, 2.45) is 0 Å². The smallest absolute Gasteiger partial charge is 0.345 e. The molecule has 2 aromatic heterocycles. The maximum atomic E-state index is 12.3. The number of nitrogens with one attached hydrogen (secondary N) is 1. The third-order valence-corrected chi connectivity index (χ3v) is 6.43. The van der Waals surface area contributed by atoms with E-state index in [0.717, 1.165) is 15.3 Å². The van der Waals surface area contributed by atoms with E-state index in [1.54, 1.807) is 12.1 Å². The van der Waals surface area contributed by atoms with E-state index in [2.05, 4.69) is 10.3 Å². The second-order valence-electron chi connectivity index (χ2n) is 6.47. The van der Waals surface area contributed by atoms with Crippen molar-refractivity contribution in [2.45, 2.75) is 17.3 Å². The normalized spacial score (nSPS) is 12.0. The standard InChI is InChI=1S/C22H18N2O3S2/c1-14(15-7-3-2-4-8-15)23-20(25)13-29-22-24-18(12-28-22)17-11-16-9-5-6-10-19(16)27-21(17)26/h2-12,14H,13H2,1H3,(H,23,25)/t14-/m0/s1. The average Bonchev–Trinajstić information content (AvgIpc) is 3.21. The highest BCUT2D eigenvalue weighted by Gasteiger charge is 2.14. The minimum absolute atomic E-state index is 0.0570. The van der Waals surface area contributed by atoms with Crippen molar-refractivity contribution < 1.29 is 9.21 Å². The van der Waals surface area contributed by atoms with Gasteiger partial charge in [-0.3, -0.25) is 4.79 Å². The summed E-state index contributed by atoms with van der Waals surface area (Å²) in [7, 11) is 0. The maximum absolute atomic E-state index is 12.3. The first kappa shape index (κ1) is 19.4. The Labute approximate surface area is 175 Å². The summed E-state index contributed by atoms with van der Waals surface area (Å²) in [6, 6.07) is 18.9. The molecule has 0 aliphatic carbocycles. The minimum atomic E-state index is -0.417. The Balaban J connectivity index is 1.41. The molecule has 0 saturated carbocycles. The van der Waals surface area contributed by atoms with Gasteiger partial charge in [-0.15, -0.1) is 11.3 Å². The summed E-state index contributed by atoms with van der Waals surface area (Å²) in [6.45, 7) is 1.96. The summed E-state index contributed by atoms with van der Waals surface area (Å²) >= 11 is 2.76. The van der Waals surface area contributed by atoms with Gasteiger partial charge in [-0.05, 0) is 24.6 Å². The highest BCUT2D eigenvalue weighted by Crippen LogP contribution is 2.28. The van der Waals surface area contributed by atoms with E-state index < -0.39 is 5.63 Å². The van der Waals surface area contributed by atoms with Crippen LogP contribution in [0.5, 0.6) is 0 Å². The van der Waals surface area contributed by atoms with Gasteiger partial charge in [0.15, 0.2) is 4.34 Å². The van der Waals surface area contributed by atoms with E-state index >= 15 is 0 Å². The molecule has 29 heavy (non-hydrogen) atoms. The molecule has 0 bridgehead atoms. The molecule has 2 aromatic carbocycles. The lowest BCUT2D eigenvalue weighted by Gasteiger charge is -2.13. The number of hydrogen-bond donors (Lipinski definition) is 1. The van der Waals surface area contributed by atoms with Gasteiger partial charge in [0.2, 0.25) is 5.91 Å². The van der Waals surface area contributed by atoms with Crippen LogP contribution in [0.2, 0.25) is 0 Å². The molecule has 0 spiro atoms. The van der Waals surface area contributed by atoms with Crippen molar-refractivity contribution in [3.05, 3.63) is 82.0 Å². The molecule has 0 unspecified atom stereocenters. The van der Waals surface area contributed by atoms with Crippen LogP contribution in [0.4, 0.5) is 0 Å². The number of thiazole rings is 1. The molecule has 1 N–H and O–H groups in total. The van der Waals surface area contributed by atoms with E-state index in [-0.39, 0.29) is 17.7 Å². The zero-order valence-electron chi connectivity index (χ0n) is 15.6. The first-order valence-corrected chi connectivity index (χ1v) is 10.9. The summed E-state index contributed by atoms with van der Waals surface area (Å²) in [5.41, 5.74) is 2.18. The van der Waals surface area contributed by atoms with E-state index in [1.165, 1.54) is 23.1 Å². The fourth-order valence-electron chi connectivity index (χ4n) is 2.92. The molecule has 0 saturated heterocycles. The lowest BCUT2D eigenvalue weighted by Crippen LogP contribution is -2.28. The molecular formula is C22H18N2O3S2. The fourth-order valence-corrected chi connectivity index (χ4v) is 4.56. The Hall–Kier alpha value is -2.90. The molecule has 0 fully saturated rings. The van der Waals surface area contributed by atoms with Crippen LogP contribution in [-0.4, -0.2) is 16.6 Å². The zero-order chi connectivity index (χ0) is 20.2. The van der Waals surface area contributed by atoms with E-state index in [1.807, 2.05) is 60.8 Å². The largest absolute Gasteiger partial charge is 0.422 e. The SMILES string of the molecule is C[C@H](NC(=O)CSc1nc(-c2cc3ccccc3oc2=O)cs1)c1ccccc1. The van der Waals surface area contributed by atoms with Crippen molar-refractivity contribution in [1.29, 1.82) is 0 Å². The minimum Gasteiger partial charge on any atom is -0.422 e. The van der Waals surface area contributed by atoms with Gasteiger partial charge in [0.1, 0.15) is 5.58 Å². The third-order valence-electron chi connectivity index (χ3n) is 4.40. The van der Waals surface area contributed by atoms with Gasteiger partial charge in [-0.2, -0.15) is 0 Å². The van der Waals surface area contributed by atoms with E-state index in [0.29, 0.717) is 16.8 Å². The Bertz CT molecular complexity index is 1200. The summed E-state index contributed by atoms with van der Waals surface area (Å²) in [6.07, 6.45) is 0. The maximum Gasteiger partial charge on any atom is 0.345 e. The van der Waals surface area contributed by atoms with Gasteiger partial charge in [-0.25, -0.2) is 9.78 Å². The van der Waals surface area contributed by atoms with Crippen LogP contribution in [-0.2, 0) is 4.79 Å². The number of amides is 1. The molecule has 0 radical (unpaired) electrons. The topological polar surface area (TPSA) is 72.2 Å². The summed E-state index contributed by atoms with van der Waals surface area (Å²) < 4.78 is 6.11. The van der Waals surface area contributed by atoms with Crippen LogP contribution in [0.3, 0.4) is 0 Å². The Morgan fingerprint density at radius 2 is 1.93 bits per heavy atom. The molecule has 5 nitrogen and oxygen atoms in total. The number of nitrogens with zero attached hydrogens (tertiary/aromatic N) is 1. The van der Waals surface area contributed by atoms with Gasteiger partial charge in [0.25, 0.3) is 0 Å². The van der Waals surface area contributed by atoms with Crippen LogP contribution < -0.4 is 10.9 Å². The molecule has 4 rings (SSSR count). The van der Waals surface area contributed by atoms with Gasteiger partial charge < -0.3 is 9.73 Å². The van der Waals surface area contributed by atoms with Crippen molar-refractivity contribution in [3.63, 3.8) is 0 Å². The van der Waals surface area contributed by atoms with Crippen LogP contribution >= 0.6 is 23.1 Å². The summed E-state index contributed by atoms with van der Waals surface area (Å²) in [5.74, 6) is 0.199. The van der Waals surface area contributed by atoms with Crippen molar-refractivity contribution >= 4 is 40.0 Å². The molecule has 0 aliphatic rings. The molecule has 1 atom stereocenters. The zero-order valence-corrected chi connectivity index (χ0v) is 17.3. The van der Waals surface area contributed by atoms with E-state index in [4.69, 9.17) is 4.42 Å². The Morgan fingerprint density at radius 3 is 2.76 bits per heavy atom. The lowest BCUT2D eigenvalue weighted by atomic mass is 10.1. The molecule has 1 amide bonds. The quantitative estimate of drug-likeness (QED) is 0.354. The summed E-state index contributed by atoms with van der Waals surface area (Å²) in [5, 5.41) is 5.65. The van der Waals surface area contributed by atoms with Crippen molar-refractivity contribution in [3.8, 4) is 11.3 Å². The Kier molecular flexibility index (Phi) is 5.78. The van der Waals surface area contributed by atoms with Crippen LogP contribution in [0, 0.1) is 0 Å². The number of para-hydroxylation sites is 1. The number of carbonyl (C=O) groups is 1. The second kappa shape index (κ2) is 8.63. The number of fused-ring (bicyclic) bond motifs is 1. The predicted molar refractivity (Wildman–Crippen MR) is 117 cm³/mol. The number of carbonyl (C=O) groups excluding carboxylic acids is 1. The first-order valence-electron chi connectivity index (χ1n) is 9.06. The predicted octanol–water partition coefficient (Wildman–Crippen LogP) is 4.89. The highest BCUT2D eigenvalue weighted by molar-refractivity contribution is 8.01. The van der Waals surface area contributed by atoms with Crippen molar-refractivity contribution in [1.82, 2.24) is 10.3 Å².